The first-order chi connectivity index (χ1) is 9.56. The van der Waals surface area contributed by atoms with Gasteiger partial charge in [0, 0.05) is 6.54 Å². The van der Waals surface area contributed by atoms with Crippen molar-refractivity contribution in [2.24, 2.45) is 0 Å². The zero-order chi connectivity index (χ0) is 14.3. The van der Waals surface area contributed by atoms with Crippen molar-refractivity contribution in [1.82, 2.24) is 9.97 Å². The molecule has 0 aliphatic carbocycles. The molecule has 0 saturated carbocycles. The van der Waals surface area contributed by atoms with Gasteiger partial charge < -0.3 is 10.0 Å². The number of rotatable bonds is 2. The first kappa shape index (κ1) is 13.4. The minimum Gasteiger partial charge on any atom is -0.480 e. The van der Waals surface area contributed by atoms with Crippen molar-refractivity contribution < 1.29 is 9.90 Å². The number of fused-ring (bicyclic) bond motifs is 1. The van der Waals surface area contributed by atoms with Gasteiger partial charge in [-0.1, -0.05) is 23.2 Å². The van der Waals surface area contributed by atoms with Crippen molar-refractivity contribution in [2.75, 3.05) is 11.4 Å². The van der Waals surface area contributed by atoms with E-state index in [1.807, 2.05) is 0 Å². The number of aromatic nitrogens is 2. The highest BCUT2D eigenvalue weighted by molar-refractivity contribution is 6.42. The summed E-state index contributed by atoms with van der Waals surface area (Å²) in [4.78, 5) is 21.7. The molecule has 1 saturated heterocycles. The molecule has 1 N–H and O–H groups in total. The maximum absolute atomic E-state index is 11.2. The molecule has 1 aliphatic rings. The summed E-state index contributed by atoms with van der Waals surface area (Å²) in [5.41, 5.74) is 1.24. The fourth-order valence-corrected chi connectivity index (χ4v) is 2.75. The Labute approximate surface area is 125 Å². The Kier molecular flexibility index (Phi) is 3.40. The van der Waals surface area contributed by atoms with Gasteiger partial charge in [0.05, 0.1) is 27.3 Å². The van der Waals surface area contributed by atoms with Gasteiger partial charge in [0.1, 0.15) is 11.9 Å². The number of aliphatic carboxylic acids is 1. The Hall–Kier alpha value is -1.59. The summed E-state index contributed by atoms with van der Waals surface area (Å²) >= 11 is 11.9. The summed E-state index contributed by atoms with van der Waals surface area (Å²) < 4.78 is 0. The van der Waals surface area contributed by atoms with Crippen molar-refractivity contribution in [3.8, 4) is 0 Å². The Bertz CT molecular complexity index is 693. The quantitative estimate of drug-likeness (QED) is 0.923. The molecule has 1 fully saturated rings. The van der Waals surface area contributed by atoms with Crippen LogP contribution in [-0.4, -0.2) is 33.6 Å². The molecule has 104 valence electrons. The number of nitrogens with zero attached hydrogens (tertiary/aromatic N) is 3. The van der Waals surface area contributed by atoms with E-state index in [0.717, 1.165) is 6.42 Å². The molecule has 0 unspecified atom stereocenters. The summed E-state index contributed by atoms with van der Waals surface area (Å²) in [5.74, 6) is -0.278. The zero-order valence-corrected chi connectivity index (χ0v) is 11.9. The Morgan fingerprint density at radius 3 is 2.70 bits per heavy atom. The third-order valence-electron chi connectivity index (χ3n) is 3.40. The molecule has 0 amide bonds. The molecule has 1 aromatic heterocycles. The largest absolute Gasteiger partial charge is 0.480 e. The van der Waals surface area contributed by atoms with Gasteiger partial charge in [-0.15, -0.1) is 0 Å². The van der Waals surface area contributed by atoms with Gasteiger partial charge in [0.15, 0.2) is 0 Å². The fourth-order valence-electron chi connectivity index (χ4n) is 2.43. The molecule has 1 aliphatic heterocycles. The highest BCUT2D eigenvalue weighted by Crippen LogP contribution is 2.29. The van der Waals surface area contributed by atoms with Crippen LogP contribution in [-0.2, 0) is 4.79 Å². The van der Waals surface area contributed by atoms with Crippen LogP contribution in [0.3, 0.4) is 0 Å². The van der Waals surface area contributed by atoms with E-state index < -0.39 is 12.0 Å². The summed E-state index contributed by atoms with van der Waals surface area (Å²) in [6, 6.07) is 2.75. The molecule has 2 heterocycles. The van der Waals surface area contributed by atoms with Crippen LogP contribution in [0.5, 0.6) is 0 Å². The molecule has 0 radical (unpaired) electrons. The van der Waals surface area contributed by atoms with Crippen LogP contribution in [0.4, 0.5) is 5.82 Å². The van der Waals surface area contributed by atoms with E-state index in [-0.39, 0.29) is 0 Å². The lowest BCUT2D eigenvalue weighted by atomic mass is 10.2. The van der Waals surface area contributed by atoms with Crippen LogP contribution in [0.15, 0.2) is 18.3 Å². The first-order valence-corrected chi connectivity index (χ1v) is 6.93. The minimum absolute atomic E-state index is 0.404. The fraction of sp³-hybridized carbons (Fsp3) is 0.308. The lowest BCUT2D eigenvalue weighted by Gasteiger charge is -2.22. The maximum Gasteiger partial charge on any atom is 0.326 e. The summed E-state index contributed by atoms with van der Waals surface area (Å²) in [6.45, 7) is 0.665. The molecule has 20 heavy (non-hydrogen) atoms. The molecular weight excluding hydrogens is 301 g/mol. The second kappa shape index (κ2) is 5.07. The molecule has 1 aromatic carbocycles. The second-order valence-electron chi connectivity index (χ2n) is 4.67. The van der Waals surface area contributed by atoms with Crippen LogP contribution >= 0.6 is 23.2 Å². The van der Waals surface area contributed by atoms with Crippen LogP contribution in [0, 0.1) is 0 Å². The van der Waals surface area contributed by atoms with Crippen molar-refractivity contribution in [2.45, 2.75) is 18.9 Å². The average molecular weight is 312 g/mol. The van der Waals surface area contributed by atoms with E-state index in [2.05, 4.69) is 9.97 Å². The van der Waals surface area contributed by atoms with E-state index in [0.29, 0.717) is 39.9 Å². The monoisotopic (exact) mass is 311 g/mol. The van der Waals surface area contributed by atoms with Crippen LogP contribution < -0.4 is 4.90 Å². The predicted octanol–water partition coefficient (Wildman–Crippen LogP) is 2.99. The van der Waals surface area contributed by atoms with Crippen LogP contribution in [0.1, 0.15) is 12.8 Å². The summed E-state index contributed by atoms with van der Waals surface area (Å²) in [6.07, 6.45) is 3.03. The Morgan fingerprint density at radius 2 is 2.00 bits per heavy atom. The van der Waals surface area contributed by atoms with E-state index >= 15 is 0 Å². The standard InChI is InChI=1S/C13H11Cl2N3O2/c14-7-4-9-10(5-8(7)15)17-12(6-16-9)18-3-1-2-11(18)13(19)20/h4-6,11H,1-3H2,(H,19,20)/t11-/m1/s1. The normalized spacial score (nSPS) is 18.7. The molecule has 7 heteroatoms. The molecule has 1 atom stereocenters. The Balaban J connectivity index is 2.04. The van der Waals surface area contributed by atoms with E-state index in [4.69, 9.17) is 23.2 Å². The molecule has 3 rings (SSSR count). The van der Waals surface area contributed by atoms with Crippen LogP contribution in [0.2, 0.25) is 10.0 Å². The molecule has 0 bridgehead atoms. The average Bonchev–Trinajstić information content (AvgIpc) is 2.89. The summed E-state index contributed by atoms with van der Waals surface area (Å²) in [7, 11) is 0. The molecule has 5 nitrogen and oxygen atoms in total. The number of carboxylic acids is 1. The molecule has 2 aromatic rings. The van der Waals surface area contributed by atoms with Gasteiger partial charge in [-0.05, 0) is 25.0 Å². The third kappa shape index (κ3) is 2.27. The van der Waals surface area contributed by atoms with E-state index in [9.17, 15) is 9.90 Å². The number of halogens is 2. The third-order valence-corrected chi connectivity index (χ3v) is 4.13. The topological polar surface area (TPSA) is 66.3 Å². The Morgan fingerprint density at radius 1 is 1.30 bits per heavy atom. The second-order valence-corrected chi connectivity index (χ2v) is 5.49. The number of hydrogen-bond donors (Lipinski definition) is 1. The number of carboxylic acid groups (broad SMARTS) is 1. The molecule has 0 spiro atoms. The van der Waals surface area contributed by atoms with Crippen molar-refractivity contribution >= 4 is 46.0 Å². The van der Waals surface area contributed by atoms with Gasteiger partial charge in [0.2, 0.25) is 0 Å². The SMILES string of the molecule is O=C(O)[C@H]1CCCN1c1cnc2cc(Cl)c(Cl)cc2n1. The minimum atomic E-state index is -0.835. The predicted molar refractivity (Wildman–Crippen MR) is 77.6 cm³/mol. The van der Waals surface area contributed by atoms with Gasteiger partial charge in [-0.25, -0.2) is 9.78 Å². The van der Waals surface area contributed by atoms with Crippen molar-refractivity contribution in [1.29, 1.82) is 0 Å². The number of hydrogen-bond acceptors (Lipinski definition) is 4. The smallest absolute Gasteiger partial charge is 0.326 e. The summed E-state index contributed by atoms with van der Waals surface area (Å²) in [5, 5.41) is 10.0. The van der Waals surface area contributed by atoms with E-state index in [1.54, 1.807) is 23.2 Å². The zero-order valence-electron chi connectivity index (χ0n) is 10.4. The lowest BCUT2D eigenvalue weighted by molar-refractivity contribution is -0.138. The number of anilines is 1. The highest BCUT2D eigenvalue weighted by Gasteiger charge is 2.31. The first-order valence-electron chi connectivity index (χ1n) is 6.17. The maximum atomic E-state index is 11.2. The van der Waals surface area contributed by atoms with Crippen LogP contribution in [0.25, 0.3) is 11.0 Å². The molecular formula is C13H11Cl2N3O2. The number of carbonyl (C=O) groups is 1. The highest BCUT2D eigenvalue weighted by atomic mass is 35.5. The number of benzene rings is 1. The van der Waals surface area contributed by atoms with Gasteiger partial charge >= 0.3 is 5.97 Å². The lowest BCUT2D eigenvalue weighted by Crippen LogP contribution is -2.36. The van der Waals surface area contributed by atoms with Gasteiger partial charge in [-0.2, -0.15) is 0 Å². The van der Waals surface area contributed by atoms with Gasteiger partial charge in [-0.3, -0.25) is 4.98 Å². The van der Waals surface area contributed by atoms with Gasteiger partial charge in [0.25, 0.3) is 0 Å². The van der Waals surface area contributed by atoms with E-state index in [1.165, 1.54) is 0 Å². The van der Waals surface area contributed by atoms with Crippen molar-refractivity contribution in [3.63, 3.8) is 0 Å². The van der Waals surface area contributed by atoms with Crippen molar-refractivity contribution in [3.05, 3.63) is 28.4 Å².